The molecule has 3 unspecified atom stereocenters. The normalized spacial score (nSPS) is 23.7. The number of hydrogen-bond acceptors (Lipinski definition) is 4. The van der Waals surface area contributed by atoms with Gasteiger partial charge in [0.15, 0.2) is 0 Å². The third-order valence-corrected chi connectivity index (χ3v) is 6.97. The van der Waals surface area contributed by atoms with Crippen molar-refractivity contribution in [2.24, 2.45) is 5.92 Å². The van der Waals surface area contributed by atoms with E-state index in [1.807, 2.05) is 11.8 Å². The molecule has 0 aromatic heterocycles. The lowest BCUT2D eigenvalue weighted by atomic mass is 10.1. The van der Waals surface area contributed by atoms with E-state index in [0.717, 1.165) is 25.1 Å². The molecular formula is C24H26F2N4O2. The maximum atomic E-state index is 14.4. The summed E-state index contributed by atoms with van der Waals surface area (Å²) in [7, 11) is 0. The molecule has 6 nitrogen and oxygen atoms in total. The van der Waals surface area contributed by atoms with Crippen LogP contribution in [-0.4, -0.2) is 48.4 Å². The summed E-state index contributed by atoms with van der Waals surface area (Å²) in [5.74, 6) is -0.663. The summed E-state index contributed by atoms with van der Waals surface area (Å²) in [6.45, 7) is 5.63. The summed E-state index contributed by atoms with van der Waals surface area (Å²) < 4.78 is 28.6. The van der Waals surface area contributed by atoms with Crippen molar-refractivity contribution in [1.82, 2.24) is 4.90 Å². The van der Waals surface area contributed by atoms with Crippen LogP contribution in [0.5, 0.6) is 0 Å². The van der Waals surface area contributed by atoms with Gasteiger partial charge in [0.1, 0.15) is 17.7 Å². The number of nitrogens with one attached hydrogen (secondary N) is 2. The molecule has 168 valence electrons. The zero-order valence-electron chi connectivity index (χ0n) is 18.1. The predicted octanol–water partition coefficient (Wildman–Crippen LogP) is 3.31. The number of carbonyl (C=O) groups is 2. The van der Waals surface area contributed by atoms with Crippen LogP contribution in [0.3, 0.4) is 0 Å². The van der Waals surface area contributed by atoms with Crippen LogP contribution in [-0.2, 0) is 16.0 Å². The van der Waals surface area contributed by atoms with Gasteiger partial charge in [-0.3, -0.25) is 9.59 Å². The van der Waals surface area contributed by atoms with Crippen molar-refractivity contribution in [3.8, 4) is 0 Å². The van der Waals surface area contributed by atoms with Crippen LogP contribution in [0.4, 0.5) is 25.8 Å². The molecule has 3 atom stereocenters. The summed E-state index contributed by atoms with van der Waals surface area (Å²) in [6.07, 6.45) is 1.19. The van der Waals surface area contributed by atoms with Crippen LogP contribution < -0.4 is 15.5 Å². The molecule has 8 heteroatoms. The van der Waals surface area contributed by atoms with Crippen LogP contribution >= 0.6 is 0 Å². The molecule has 2 saturated heterocycles. The lowest BCUT2D eigenvalue weighted by Crippen LogP contribution is -2.38. The molecule has 2 N–H and O–H groups in total. The van der Waals surface area contributed by atoms with Gasteiger partial charge in [-0.2, -0.15) is 0 Å². The molecule has 0 spiro atoms. The van der Waals surface area contributed by atoms with Gasteiger partial charge in [-0.1, -0.05) is 6.07 Å². The standard InChI is InChI=1S/C24H26F2N4O2/c1-13-3-4-20(26)19-10-21(28-23(13)19)24(32)27-17-7-16(25)8-18(9-17)29-11-15-5-6-30(14(2)31)22(15)12-29/h3-4,7-9,15,21-22,28H,5-6,10-12H2,1-2H3,(H,27,32). The van der Waals surface area contributed by atoms with Gasteiger partial charge in [-0.05, 0) is 43.2 Å². The fourth-order valence-corrected chi connectivity index (χ4v) is 5.35. The fourth-order valence-electron chi connectivity index (χ4n) is 5.35. The zero-order chi connectivity index (χ0) is 22.6. The largest absolute Gasteiger partial charge is 0.373 e. The number of likely N-dealkylation sites (tertiary alicyclic amines) is 1. The Labute approximate surface area is 185 Å². The van der Waals surface area contributed by atoms with Crippen LogP contribution in [0.2, 0.25) is 0 Å². The highest BCUT2D eigenvalue weighted by atomic mass is 19.1. The van der Waals surface area contributed by atoms with E-state index in [1.165, 1.54) is 18.2 Å². The lowest BCUT2D eigenvalue weighted by Gasteiger charge is -2.25. The minimum absolute atomic E-state index is 0.0725. The summed E-state index contributed by atoms with van der Waals surface area (Å²) in [5.41, 5.74) is 3.08. The first-order valence-corrected chi connectivity index (χ1v) is 11.0. The molecule has 5 rings (SSSR count). The minimum Gasteiger partial charge on any atom is -0.373 e. The van der Waals surface area contributed by atoms with Gasteiger partial charge in [0.25, 0.3) is 0 Å². The Kier molecular flexibility index (Phi) is 5.03. The van der Waals surface area contributed by atoms with Crippen molar-refractivity contribution < 1.29 is 18.4 Å². The highest BCUT2D eigenvalue weighted by Gasteiger charge is 2.42. The highest BCUT2D eigenvalue weighted by Crippen LogP contribution is 2.36. The van der Waals surface area contributed by atoms with Crippen molar-refractivity contribution in [2.45, 2.75) is 38.8 Å². The average Bonchev–Trinajstić information content (AvgIpc) is 3.44. The predicted molar refractivity (Wildman–Crippen MR) is 119 cm³/mol. The van der Waals surface area contributed by atoms with E-state index < -0.39 is 11.9 Å². The fraction of sp³-hybridized carbons (Fsp3) is 0.417. The van der Waals surface area contributed by atoms with Gasteiger partial charge >= 0.3 is 0 Å². The number of amides is 2. The molecule has 0 radical (unpaired) electrons. The number of nitrogens with zero attached hydrogens (tertiary/aromatic N) is 2. The number of halogens is 2. The molecule has 3 aliphatic rings. The Hall–Kier alpha value is -3.16. The number of benzene rings is 2. The number of hydrogen-bond donors (Lipinski definition) is 2. The van der Waals surface area contributed by atoms with Crippen molar-refractivity contribution in [1.29, 1.82) is 0 Å². The van der Waals surface area contributed by atoms with E-state index in [2.05, 4.69) is 15.5 Å². The third-order valence-electron chi connectivity index (χ3n) is 6.97. The van der Waals surface area contributed by atoms with Gasteiger partial charge in [0.05, 0.1) is 6.04 Å². The maximum Gasteiger partial charge on any atom is 0.247 e. The van der Waals surface area contributed by atoms with Crippen LogP contribution in [0.25, 0.3) is 0 Å². The molecule has 2 amide bonds. The Morgan fingerprint density at radius 3 is 2.72 bits per heavy atom. The Bertz CT molecular complexity index is 1070. The molecular weight excluding hydrogens is 414 g/mol. The molecule has 3 aliphatic heterocycles. The average molecular weight is 440 g/mol. The number of fused-ring (bicyclic) bond motifs is 2. The second kappa shape index (κ2) is 7.76. The van der Waals surface area contributed by atoms with Gasteiger partial charge in [0.2, 0.25) is 11.8 Å². The van der Waals surface area contributed by atoms with Crippen LogP contribution in [0.1, 0.15) is 24.5 Å². The van der Waals surface area contributed by atoms with Crippen molar-refractivity contribution in [2.75, 3.05) is 35.2 Å². The van der Waals surface area contributed by atoms with Crippen LogP contribution in [0.15, 0.2) is 30.3 Å². The molecule has 0 aliphatic carbocycles. The summed E-state index contributed by atoms with van der Waals surface area (Å²) in [5, 5.41) is 5.88. The molecule has 2 fully saturated rings. The van der Waals surface area contributed by atoms with Gasteiger partial charge in [0, 0.05) is 61.5 Å². The van der Waals surface area contributed by atoms with E-state index in [9.17, 15) is 18.4 Å². The summed E-state index contributed by atoms with van der Waals surface area (Å²) in [4.78, 5) is 28.7. The second-order valence-electron chi connectivity index (χ2n) is 9.04. The Balaban J connectivity index is 1.30. The molecule has 32 heavy (non-hydrogen) atoms. The van der Waals surface area contributed by atoms with E-state index in [0.29, 0.717) is 35.1 Å². The van der Waals surface area contributed by atoms with Crippen molar-refractivity contribution in [3.63, 3.8) is 0 Å². The van der Waals surface area contributed by atoms with Crippen molar-refractivity contribution in [3.05, 3.63) is 53.1 Å². The van der Waals surface area contributed by atoms with E-state index in [-0.39, 0.29) is 30.1 Å². The molecule has 2 aromatic carbocycles. The van der Waals surface area contributed by atoms with Gasteiger partial charge in [-0.15, -0.1) is 0 Å². The third kappa shape index (κ3) is 3.57. The first-order chi connectivity index (χ1) is 15.3. The highest BCUT2D eigenvalue weighted by molar-refractivity contribution is 5.98. The minimum atomic E-state index is -0.623. The number of rotatable bonds is 3. The van der Waals surface area contributed by atoms with E-state index in [1.54, 1.807) is 19.1 Å². The number of carbonyl (C=O) groups excluding carboxylic acids is 2. The molecule has 0 bridgehead atoms. The Morgan fingerprint density at radius 1 is 1.16 bits per heavy atom. The van der Waals surface area contributed by atoms with Crippen LogP contribution in [0, 0.1) is 24.5 Å². The SMILES string of the molecule is CC(=O)N1CCC2CN(c3cc(F)cc(NC(=O)C4Cc5c(F)ccc(C)c5N4)c3)CC21. The van der Waals surface area contributed by atoms with Crippen molar-refractivity contribution >= 4 is 28.9 Å². The van der Waals surface area contributed by atoms with Gasteiger partial charge < -0.3 is 20.4 Å². The quantitative estimate of drug-likeness (QED) is 0.769. The second-order valence-corrected chi connectivity index (χ2v) is 9.04. The van der Waals surface area contributed by atoms with E-state index >= 15 is 0 Å². The molecule has 2 aromatic rings. The number of anilines is 3. The molecule has 3 heterocycles. The topological polar surface area (TPSA) is 64.7 Å². The van der Waals surface area contributed by atoms with Gasteiger partial charge in [-0.25, -0.2) is 8.78 Å². The Morgan fingerprint density at radius 2 is 1.97 bits per heavy atom. The van der Waals surface area contributed by atoms with E-state index in [4.69, 9.17) is 0 Å². The summed E-state index contributed by atoms with van der Waals surface area (Å²) >= 11 is 0. The number of aryl methyl sites for hydroxylation is 1. The smallest absolute Gasteiger partial charge is 0.247 e. The zero-order valence-corrected chi connectivity index (χ0v) is 18.1. The molecule has 0 saturated carbocycles. The first kappa shape index (κ1) is 20.7. The first-order valence-electron chi connectivity index (χ1n) is 11.0. The lowest BCUT2D eigenvalue weighted by molar-refractivity contribution is -0.129. The summed E-state index contributed by atoms with van der Waals surface area (Å²) in [6, 6.07) is 7.11. The maximum absolute atomic E-state index is 14.4. The monoisotopic (exact) mass is 440 g/mol.